The highest BCUT2D eigenvalue weighted by Crippen LogP contribution is 2.22. The predicted octanol–water partition coefficient (Wildman–Crippen LogP) is -1.60. The quantitative estimate of drug-likeness (QED) is 0.549. The summed E-state index contributed by atoms with van der Waals surface area (Å²) >= 11 is 0. The van der Waals surface area contributed by atoms with Crippen molar-refractivity contribution < 1.29 is 28.2 Å². The van der Waals surface area contributed by atoms with Crippen LogP contribution in [-0.4, -0.2) is 79.7 Å². The van der Waals surface area contributed by atoms with Crippen molar-refractivity contribution in [3.05, 3.63) is 0 Å². The number of methoxy groups -OCH3 is 1. The van der Waals surface area contributed by atoms with Crippen LogP contribution in [0.1, 0.15) is 12.8 Å². The third-order valence-electron chi connectivity index (χ3n) is 3.34. The molecule has 1 fully saturated rings. The number of hydrogen-bond acceptors (Lipinski definition) is 6. The third kappa shape index (κ3) is 4.13. The maximum atomic E-state index is 12.3. The lowest BCUT2D eigenvalue weighted by molar-refractivity contribution is -0.146. The minimum Gasteiger partial charge on any atom is -0.469 e. The van der Waals surface area contributed by atoms with Crippen LogP contribution in [0.5, 0.6) is 0 Å². The van der Waals surface area contributed by atoms with Crippen molar-refractivity contribution in [1.82, 2.24) is 8.61 Å². The first-order valence-electron chi connectivity index (χ1n) is 6.52. The van der Waals surface area contributed by atoms with E-state index in [1.165, 1.54) is 11.4 Å². The van der Waals surface area contributed by atoms with E-state index in [2.05, 4.69) is 4.74 Å². The molecule has 0 unspecified atom stereocenters. The van der Waals surface area contributed by atoms with Gasteiger partial charge in [0.05, 0.1) is 26.2 Å². The van der Waals surface area contributed by atoms with Crippen LogP contribution in [0.4, 0.5) is 0 Å². The monoisotopic (exact) mass is 310 g/mol. The van der Waals surface area contributed by atoms with Crippen molar-refractivity contribution in [2.24, 2.45) is 5.92 Å². The first-order valence-corrected chi connectivity index (χ1v) is 7.91. The van der Waals surface area contributed by atoms with Gasteiger partial charge >= 0.3 is 5.97 Å². The molecule has 0 aromatic heterocycles. The second-order valence-corrected chi connectivity index (χ2v) is 6.48. The molecule has 1 saturated heterocycles. The normalized spacial score (nSPS) is 18.4. The van der Waals surface area contributed by atoms with Crippen molar-refractivity contribution in [3.63, 3.8) is 0 Å². The molecule has 20 heavy (non-hydrogen) atoms. The molecular formula is C11H22N2O6S. The molecule has 0 aliphatic carbocycles. The maximum absolute atomic E-state index is 12.3. The number of rotatable bonds is 7. The number of ether oxygens (including phenoxy) is 1. The van der Waals surface area contributed by atoms with Gasteiger partial charge in [-0.2, -0.15) is 17.0 Å². The molecule has 0 atom stereocenters. The Labute approximate surface area is 119 Å². The zero-order valence-electron chi connectivity index (χ0n) is 11.6. The minimum atomic E-state index is -3.71. The van der Waals surface area contributed by atoms with Crippen LogP contribution in [-0.2, 0) is 19.7 Å². The van der Waals surface area contributed by atoms with Gasteiger partial charge in [-0.05, 0) is 12.8 Å². The number of hydrogen-bond donors (Lipinski definition) is 2. The smallest absolute Gasteiger partial charge is 0.308 e. The van der Waals surface area contributed by atoms with Crippen molar-refractivity contribution in [3.8, 4) is 0 Å². The van der Waals surface area contributed by atoms with E-state index in [-0.39, 0.29) is 51.3 Å². The van der Waals surface area contributed by atoms with Gasteiger partial charge in [0.15, 0.2) is 0 Å². The molecule has 118 valence electrons. The van der Waals surface area contributed by atoms with Crippen LogP contribution >= 0.6 is 0 Å². The fourth-order valence-electron chi connectivity index (χ4n) is 2.22. The largest absolute Gasteiger partial charge is 0.469 e. The Kier molecular flexibility index (Phi) is 6.83. The third-order valence-corrected chi connectivity index (χ3v) is 5.38. The predicted molar refractivity (Wildman–Crippen MR) is 71.0 cm³/mol. The highest BCUT2D eigenvalue weighted by atomic mass is 32.2. The van der Waals surface area contributed by atoms with Crippen LogP contribution in [0.25, 0.3) is 0 Å². The summed E-state index contributed by atoms with van der Waals surface area (Å²) in [7, 11) is -2.39. The first-order chi connectivity index (χ1) is 9.47. The van der Waals surface area contributed by atoms with Crippen molar-refractivity contribution >= 4 is 16.2 Å². The molecule has 0 aromatic rings. The summed E-state index contributed by atoms with van der Waals surface area (Å²) in [5.41, 5.74) is 0. The van der Waals surface area contributed by atoms with E-state index in [1.807, 2.05) is 0 Å². The summed E-state index contributed by atoms with van der Waals surface area (Å²) in [6.45, 7) is -0.264. The second-order valence-electron chi connectivity index (χ2n) is 4.55. The number of carbonyl (C=O) groups excluding carboxylic acids is 1. The fraction of sp³-hybridized carbons (Fsp3) is 0.909. The van der Waals surface area contributed by atoms with E-state index in [4.69, 9.17) is 10.2 Å². The molecule has 1 aliphatic rings. The topological polar surface area (TPSA) is 107 Å². The molecule has 0 amide bonds. The fourth-order valence-corrected chi connectivity index (χ4v) is 3.84. The Bertz CT molecular complexity index is 399. The Morgan fingerprint density at radius 2 is 1.75 bits per heavy atom. The minimum absolute atomic E-state index is 0.0557. The zero-order chi connectivity index (χ0) is 15.2. The van der Waals surface area contributed by atoms with Gasteiger partial charge in [0.1, 0.15) is 0 Å². The van der Waals surface area contributed by atoms with Gasteiger partial charge in [0, 0.05) is 26.2 Å². The summed E-state index contributed by atoms with van der Waals surface area (Å²) < 4.78 is 31.6. The average molecular weight is 310 g/mol. The molecule has 1 heterocycles. The number of nitrogens with zero attached hydrogens (tertiary/aromatic N) is 2. The van der Waals surface area contributed by atoms with Gasteiger partial charge in [0.25, 0.3) is 10.2 Å². The number of aliphatic hydroxyl groups is 2. The standard InChI is InChI=1S/C11H22N2O6S/c1-19-11(16)10-2-4-12(5-3-10)20(17,18)13(6-8-14)7-9-15/h10,14-15H,2-9H2,1H3. The van der Waals surface area contributed by atoms with Crippen molar-refractivity contribution in [2.75, 3.05) is 46.5 Å². The van der Waals surface area contributed by atoms with E-state index in [0.29, 0.717) is 12.8 Å². The number of carbonyl (C=O) groups is 1. The molecule has 0 saturated carbocycles. The lowest BCUT2D eigenvalue weighted by Gasteiger charge is -2.33. The van der Waals surface area contributed by atoms with Crippen LogP contribution in [0.2, 0.25) is 0 Å². The number of esters is 1. The van der Waals surface area contributed by atoms with Gasteiger partial charge in [-0.15, -0.1) is 0 Å². The molecule has 0 spiro atoms. The Morgan fingerprint density at radius 3 is 2.15 bits per heavy atom. The SMILES string of the molecule is COC(=O)C1CCN(S(=O)(=O)N(CCO)CCO)CC1. The first kappa shape index (κ1) is 17.3. The summed E-state index contributed by atoms with van der Waals surface area (Å²) in [6.07, 6.45) is 0.829. The molecule has 8 nitrogen and oxygen atoms in total. The summed E-state index contributed by atoms with van der Waals surface area (Å²) in [4.78, 5) is 11.4. The lowest BCUT2D eigenvalue weighted by atomic mass is 9.99. The molecule has 1 aliphatic heterocycles. The average Bonchev–Trinajstić information content (AvgIpc) is 2.46. The van der Waals surface area contributed by atoms with E-state index >= 15 is 0 Å². The summed E-state index contributed by atoms with van der Waals surface area (Å²) in [5, 5.41) is 17.8. The summed E-state index contributed by atoms with van der Waals surface area (Å²) in [6, 6.07) is 0. The molecule has 0 radical (unpaired) electrons. The van der Waals surface area contributed by atoms with Crippen molar-refractivity contribution in [1.29, 1.82) is 0 Å². The van der Waals surface area contributed by atoms with E-state index in [0.717, 1.165) is 4.31 Å². The zero-order valence-corrected chi connectivity index (χ0v) is 12.4. The van der Waals surface area contributed by atoms with E-state index in [9.17, 15) is 13.2 Å². The van der Waals surface area contributed by atoms with Gasteiger partial charge in [-0.25, -0.2) is 0 Å². The van der Waals surface area contributed by atoms with E-state index in [1.54, 1.807) is 0 Å². The molecule has 1 rings (SSSR count). The van der Waals surface area contributed by atoms with Gasteiger partial charge < -0.3 is 14.9 Å². The van der Waals surface area contributed by atoms with Crippen molar-refractivity contribution in [2.45, 2.75) is 12.8 Å². The molecule has 0 bridgehead atoms. The summed E-state index contributed by atoms with van der Waals surface area (Å²) in [5.74, 6) is -0.583. The number of piperidine rings is 1. The van der Waals surface area contributed by atoms with Crippen LogP contribution in [0, 0.1) is 5.92 Å². The molecule has 2 N–H and O–H groups in total. The van der Waals surface area contributed by atoms with Gasteiger partial charge in [-0.3, -0.25) is 4.79 Å². The van der Waals surface area contributed by atoms with Gasteiger partial charge in [0.2, 0.25) is 0 Å². The highest BCUT2D eigenvalue weighted by molar-refractivity contribution is 7.86. The Morgan fingerprint density at radius 1 is 1.25 bits per heavy atom. The lowest BCUT2D eigenvalue weighted by Crippen LogP contribution is -2.49. The van der Waals surface area contributed by atoms with Crippen LogP contribution < -0.4 is 0 Å². The van der Waals surface area contributed by atoms with Crippen LogP contribution in [0.15, 0.2) is 0 Å². The van der Waals surface area contributed by atoms with Gasteiger partial charge in [-0.1, -0.05) is 0 Å². The highest BCUT2D eigenvalue weighted by Gasteiger charge is 2.34. The molecule has 9 heteroatoms. The van der Waals surface area contributed by atoms with Crippen LogP contribution in [0.3, 0.4) is 0 Å². The molecule has 0 aromatic carbocycles. The second kappa shape index (κ2) is 7.89. The number of aliphatic hydroxyl groups excluding tert-OH is 2. The van der Waals surface area contributed by atoms with E-state index < -0.39 is 10.2 Å². The molecular weight excluding hydrogens is 288 g/mol. The Balaban J connectivity index is 2.68. The maximum Gasteiger partial charge on any atom is 0.308 e. The Hall–Kier alpha value is -0.740.